The first-order chi connectivity index (χ1) is 9.61. The molecular formula is C14H22N4O2. The van der Waals surface area contributed by atoms with E-state index >= 15 is 0 Å². The van der Waals surface area contributed by atoms with Crippen LogP contribution in [-0.2, 0) is 16.6 Å². The first-order valence-electron chi connectivity index (χ1n) is 7.25. The van der Waals surface area contributed by atoms with Gasteiger partial charge in [0.25, 0.3) is 0 Å². The van der Waals surface area contributed by atoms with Gasteiger partial charge in [-0.15, -0.1) is 0 Å². The molecule has 1 fully saturated rings. The lowest BCUT2D eigenvalue weighted by atomic mass is 10.0. The van der Waals surface area contributed by atoms with Gasteiger partial charge in [-0.3, -0.25) is 14.3 Å². The van der Waals surface area contributed by atoms with Crippen LogP contribution in [0, 0.1) is 0 Å². The number of carbonyl (C=O) groups excluding carboxylic acids is 2. The molecule has 20 heavy (non-hydrogen) atoms. The average molecular weight is 278 g/mol. The van der Waals surface area contributed by atoms with Crippen molar-refractivity contribution >= 4 is 17.6 Å². The van der Waals surface area contributed by atoms with E-state index in [1.807, 2.05) is 20.0 Å². The fourth-order valence-corrected chi connectivity index (χ4v) is 2.64. The van der Waals surface area contributed by atoms with E-state index in [-0.39, 0.29) is 0 Å². The maximum absolute atomic E-state index is 11.7. The fraction of sp³-hybridized carbons (Fsp3) is 0.643. The Morgan fingerprint density at radius 1 is 1.35 bits per heavy atom. The van der Waals surface area contributed by atoms with E-state index in [9.17, 15) is 9.59 Å². The molecule has 0 unspecified atom stereocenters. The Kier molecular flexibility index (Phi) is 4.76. The highest BCUT2D eigenvalue weighted by Crippen LogP contribution is 2.34. The highest BCUT2D eigenvalue weighted by atomic mass is 16.2. The summed E-state index contributed by atoms with van der Waals surface area (Å²) in [7, 11) is 1.88. The Bertz CT molecular complexity index is 489. The van der Waals surface area contributed by atoms with E-state index < -0.39 is 11.8 Å². The van der Waals surface area contributed by atoms with E-state index in [0.717, 1.165) is 12.1 Å². The summed E-state index contributed by atoms with van der Waals surface area (Å²) in [6.07, 6.45) is 5.64. The van der Waals surface area contributed by atoms with Crippen LogP contribution in [-0.4, -0.2) is 28.1 Å². The van der Waals surface area contributed by atoms with Gasteiger partial charge in [0.05, 0.1) is 0 Å². The van der Waals surface area contributed by atoms with Gasteiger partial charge >= 0.3 is 11.8 Å². The molecule has 2 rings (SSSR count). The topological polar surface area (TPSA) is 76.0 Å². The molecule has 1 saturated carbocycles. The zero-order chi connectivity index (χ0) is 14.5. The van der Waals surface area contributed by atoms with Crippen LogP contribution in [0.3, 0.4) is 0 Å². The molecule has 1 aromatic rings. The molecule has 6 heteroatoms. The fourth-order valence-electron chi connectivity index (χ4n) is 2.64. The maximum Gasteiger partial charge on any atom is 0.314 e. The van der Waals surface area contributed by atoms with E-state index in [2.05, 4.69) is 15.7 Å². The molecule has 2 N–H and O–H groups in total. The summed E-state index contributed by atoms with van der Waals surface area (Å²) in [6.45, 7) is 2.44. The zero-order valence-electron chi connectivity index (χ0n) is 12.1. The number of aryl methyl sites for hydroxylation is 1. The van der Waals surface area contributed by atoms with Gasteiger partial charge in [-0.1, -0.05) is 19.8 Å². The molecule has 0 spiro atoms. The van der Waals surface area contributed by atoms with Crippen LogP contribution < -0.4 is 10.6 Å². The predicted octanol–water partition coefficient (Wildman–Crippen LogP) is 1.54. The van der Waals surface area contributed by atoms with Crippen LogP contribution in [0.1, 0.15) is 50.6 Å². The third-order valence-electron chi connectivity index (χ3n) is 3.67. The average Bonchev–Trinajstić information content (AvgIpc) is 3.05. The Balaban J connectivity index is 1.97. The summed E-state index contributed by atoms with van der Waals surface area (Å²) in [5, 5.41) is 9.36. The number of hydrogen-bond donors (Lipinski definition) is 2. The van der Waals surface area contributed by atoms with Crippen LogP contribution in [0.4, 0.5) is 5.82 Å². The third kappa shape index (κ3) is 3.37. The smallest absolute Gasteiger partial charge is 0.314 e. The van der Waals surface area contributed by atoms with Crippen molar-refractivity contribution in [1.29, 1.82) is 0 Å². The SMILES string of the molecule is CCCNC(=O)C(=O)Nc1cc(C2CCCC2)n(C)n1. The number of nitrogens with one attached hydrogen (secondary N) is 2. The Morgan fingerprint density at radius 3 is 2.70 bits per heavy atom. The van der Waals surface area contributed by atoms with Crippen LogP contribution in [0.5, 0.6) is 0 Å². The van der Waals surface area contributed by atoms with Gasteiger partial charge in [-0.2, -0.15) is 5.10 Å². The summed E-state index contributed by atoms with van der Waals surface area (Å²) in [5.41, 5.74) is 1.13. The first-order valence-corrected chi connectivity index (χ1v) is 7.25. The van der Waals surface area contributed by atoms with Gasteiger partial charge < -0.3 is 10.6 Å². The summed E-state index contributed by atoms with van der Waals surface area (Å²) >= 11 is 0. The monoisotopic (exact) mass is 278 g/mol. The molecule has 0 radical (unpaired) electrons. The summed E-state index contributed by atoms with van der Waals surface area (Å²) in [6, 6.07) is 1.88. The molecule has 0 aromatic carbocycles. The van der Waals surface area contributed by atoms with Crippen LogP contribution in [0.15, 0.2) is 6.07 Å². The number of aromatic nitrogens is 2. The van der Waals surface area contributed by atoms with E-state index in [0.29, 0.717) is 18.3 Å². The van der Waals surface area contributed by atoms with Gasteiger partial charge in [-0.25, -0.2) is 0 Å². The molecule has 6 nitrogen and oxygen atoms in total. The van der Waals surface area contributed by atoms with Crippen molar-refractivity contribution in [2.75, 3.05) is 11.9 Å². The van der Waals surface area contributed by atoms with Crippen molar-refractivity contribution < 1.29 is 9.59 Å². The van der Waals surface area contributed by atoms with Crippen molar-refractivity contribution in [3.05, 3.63) is 11.8 Å². The van der Waals surface area contributed by atoms with Crippen molar-refractivity contribution in [3.63, 3.8) is 0 Å². The normalized spacial score (nSPS) is 15.3. The molecule has 1 heterocycles. The number of nitrogens with zero attached hydrogens (tertiary/aromatic N) is 2. The number of amides is 2. The molecule has 1 aliphatic rings. The second-order valence-electron chi connectivity index (χ2n) is 5.27. The van der Waals surface area contributed by atoms with E-state index in [1.54, 1.807) is 4.68 Å². The van der Waals surface area contributed by atoms with Crippen LogP contribution >= 0.6 is 0 Å². The Morgan fingerprint density at radius 2 is 2.05 bits per heavy atom. The molecule has 110 valence electrons. The van der Waals surface area contributed by atoms with Gasteiger partial charge in [0, 0.05) is 31.3 Å². The predicted molar refractivity (Wildman–Crippen MR) is 76.3 cm³/mol. The first kappa shape index (κ1) is 14.6. The number of carbonyl (C=O) groups is 2. The number of rotatable bonds is 4. The summed E-state index contributed by atoms with van der Waals surface area (Å²) in [5.74, 6) is -0.299. The van der Waals surface area contributed by atoms with Gasteiger partial charge in [0.1, 0.15) is 0 Å². The lowest BCUT2D eigenvalue weighted by Gasteiger charge is -2.07. The Hall–Kier alpha value is -1.85. The minimum absolute atomic E-state index is 0.450. The highest BCUT2D eigenvalue weighted by molar-refractivity contribution is 6.39. The maximum atomic E-state index is 11.7. The largest absolute Gasteiger partial charge is 0.348 e. The highest BCUT2D eigenvalue weighted by Gasteiger charge is 2.22. The molecule has 0 atom stereocenters. The lowest BCUT2D eigenvalue weighted by molar-refractivity contribution is -0.136. The molecule has 2 amide bonds. The number of anilines is 1. The standard InChI is InChI=1S/C14H22N4O2/c1-3-8-15-13(19)14(20)16-12-9-11(18(2)17-12)10-6-4-5-7-10/h9-10H,3-8H2,1-2H3,(H,15,19)(H,16,17,20). The van der Waals surface area contributed by atoms with Crippen molar-refractivity contribution in [3.8, 4) is 0 Å². The number of hydrogen-bond acceptors (Lipinski definition) is 3. The molecule has 1 aliphatic carbocycles. The summed E-state index contributed by atoms with van der Waals surface area (Å²) < 4.78 is 1.80. The minimum Gasteiger partial charge on any atom is -0.348 e. The third-order valence-corrected chi connectivity index (χ3v) is 3.67. The zero-order valence-corrected chi connectivity index (χ0v) is 12.1. The molecule has 0 saturated heterocycles. The molecule has 1 aromatic heterocycles. The van der Waals surface area contributed by atoms with E-state index in [1.165, 1.54) is 25.7 Å². The quantitative estimate of drug-likeness (QED) is 0.820. The van der Waals surface area contributed by atoms with Crippen LogP contribution in [0.2, 0.25) is 0 Å². The summed E-state index contributed by atoms with van der Waals surface area (Å²) in [4.78, 5) is 23.2. The van der Waals surface area contributed by atoms with Gasteiger partial charge in [0.15, 0.2) is 5.82 Å². The van der Waals surface area contributed by atoms with Crippen molar-refractivity contribution in [1.82, 2.24) is 15.1 Å². The molecule has 0 bridgehead atoms. The van der Waals surface area contributed by atoms with Gasteiger partial charge in [0.2, 0.25) is 0 Å². The second-order valence-corrected chi connectivity index (χ2v) is 5.27. The van der Waals surface area contributed by atoms with Crippen molar-refractivity contribution in [2.24, 2.45) is 7.05 Å². The van der Waals surface area contributed by atoms with Crippen molar-refractivity contribution in [2.45, 2.75) is 44.9 Å². The molecular weight excluding hydrogens is 256 g/mol. The second kappa shape index (κ2) is 6.54. The van der Waals surface area contributed by atoms with Gasteiger partial charge in [-0.05, 0) is 19.3 Å². The van der Waals surface area contributed by atoms with E-state index in [4.69, 9.17) is 0 Å². The minimum atomic E-state index is -0.658. The molecule has 0 aliphatic heterocycles. The lowest BCUT2D eigenvalue weighted by Crippen LogP contribution is -2.35. The van der Waals surface area contributed by atoms with Crippen LogP contribution in [0.25, 0.3) is 0 Å². The Labute approximate surface area is 118 Å².